The Balaban J connectivity index is 1.77. The number of nitrogen functional groups attached to an aromatic ring is 1. The first-order valence-electron chi connectivity index (χ1n) is 7.46. The average Bonchev–Trinajstić information content (AvgIpc) is 2.64. The molecule has 0 saturated carbocycles. The molecular weight excluding hydrogens is 342 g/mol. The highest BCUT2D eigenvalue weighted by Gasteiger charge is 2.12. The third kappa shape index (κ3) is 4.10. The second-order valence-corrected chi connectivity index (χ2v) is 5.48. The highest BCUT2D eigenvalue weighted by Crippen LogP contribution is 2.34. The Morgan fingerprint density at radius 3 is 2.56 bits per heavy atom. The molecule has 0 aliphatic rings. The summed E-state index contributed by atoms with van der Waals surface area (Å²) >= 11 is 6.19. The average molecular weight is 358 g/mol. The highest BCUT2D eigenvalue weighted by molar-refractivity contribution is 6.32. The molecule has 1 heterocycles. The molecule has 25 heavy (non-hydrogen) atoms. The molecule has 0 radical (unpaired) electrons. The van der Waals surface area contributed by atoms with Crippen molar-refractivity contribution in [2.24, 2.45) is 0 Å². The molecule has 3 aromatic rings. The van der Waals surface area contributed by atoms with Crippen molar-refractivity contribution in [2.45, 2.75) is 6.61 Å². The Kier molecular flexibility index (Phi) is 5.20. The van der Waals surface area contributed by atoms with Crippen molar-refractivity contribution in [1.29, 1.82) is 0 Å². The summed E-state index contributed by atoms with van der Waals surface area (Å²) < 4.78 is 16.5. The van der Waals surface area contributed by atoms with E-state index in [-0.39, 0.29) is 17.4 Å². The van der Waals surface area contributed by atoms with Crippen LogP contribution < -0.4 is 19.9 Å². The van der Waals surface area contributed by atoms with Gasteiger partial charge in [-0.05, 0) is 17.7 Å². The van der Waals surface area contributed by atoms with Crippen LogP contribution in [-0.4, -0.2) is 17.1 Å². The minimum Gasteiger partial charge on any atom is -0.487 e. The first kappa shape index (κ1) is 16.9. The summed E-state index contributed by atoms with van der Waals surface area (Å²) in [5, 5.41) is 0.483. The fourth-order valence-electron chi connectivity index (χ4n) is 2.11. The van der Waals surface area contributed by atoms with Crippen molar-refractivity contribution in [3.05, 3.63) is 65.4 Å². The molecular formula is C18H16ClN3O3. The van der Waals surface area contributed by atoms with Gasteiger partial charge in [-0.25, -0.2) is 0 Å². The van der Waals surface area contributed by atoms with E-state index in [0.717, 1.165) is 5.56 Å². The summed E-state index contributed by atoms with van der Waals surface area (Å²) in [6, 6.07) is 14.9. The van der Waals surface area contributed by atoms with Gasteiger partial charge in [0.25, 0.3) is 0 Å². The molecule has 0 bridgehead atoms. The van der Waals surface area contributed by atoms with Gasteiger partial charge < -0.3 is 19.9 Å². The second kappa shape index (κ2) is 7.72. The van der Waals surface area contributed by atoms with Crippen LogP contribution >= 0.6 is 11.6 Å². The Morgan fingerprint density at radius 1 is 1.04 bits per heavy atom. The molecule has 0 aliphatic carbocycles. The summed E-state index contributed by atoms with van der Waals surface area (Å²) in [6.07, 6.45) is 1.31. The predicted octanol–water partition coefficient (Wildman–Crippen LogP) is 4.09. The number of rotatable bonds is 6. The molecule has 0 amide bonds. The smallest absolute Gasteiger partial charge is 0.249 e. The van der Waals surface area contributed by atoms with Crippen LogP contribution in [0.4, 0.5) is 5.69 Å². The van der Waals surface area contributed by atoms with Gasteiger partial charge in [-0.3, -0.25) is 0 Å². The third-order valence-electron chi connectivity index (χ3n) is 3.36. The molecule has 1 aromatic heterocycles. The van der Waals surface area contributed by atoms with Crippen LogP contribution in [0.25, 0.3) is 0 Å². The van der Waals surface area contributed by atoms with Crippen LogP contribution in [0.15, 0.2) is 54.9 Å². The van der Waals surface area contributed by atoms with Crippen LogP contribution in [0.2, 0.25) is 5.02 Å². The van der Waals surface area contributed by atoms with Gasteiger partial charge in [0.15, 0.2) is 5.69 Å². The summed E-state index contributed by atoms with van der Waals surface area (Å²) in [4.78, 5) is 7.93. The standard InChI is InChI=1S/C18H16ClN3O3/c1-23-17-16(20)18(22-11-21-17)25-13-7-8-14(19)15(9-13)24-10-12-5-3-2-4-6-12/h2-9,11H,10,20H2,1H3. The number of aromatic nitrogens is 2. The molecule has 0 saturated heterocycles. The van der Waals surface area contributed by atoms with Gasteiger partial charge >= 0.3 is 0 Å². The Morgan fingerprint density at radius 2 is 1.80 bits per heavy atom. The minimum absolute atomic E-state index is 0.197. The lowest BCUT2D eigenvalue weighted by atomic mass is 10.2. The fourth-order valence-corrected chi connectivity index (χ4v) is 2.29. The van der Waals surface area contributed by atoms with E-state index < -0.39 is 0 Å². The lowest BCUT2D eigenvalue weighted by Crippen LogP contribution is -2.01. The zero-order valence-electron chi connectivity index (χ0n) is 13.5. The number of anilines is 1. The molecule has 0 fully saturated rings. The zero-order chi connectivity index (χ0) is 17.6. The second-order valence-electron chi connectivity index (χ2n) is 5.07. The Hall–Kier alpha value is -2.99. The van der Waals surface area contributed by atoms with E-state index in [4.69, 9.17) is 31.5 Å². The monoisotopic (exact) mass is 357 g/mol. The van der Waals surface area contributed by atoms with Crippen LogP contribution in [0.1, 0.15) is 5.56 Å². The normalized spacial score (nSPS) is 10.3. The van der Waals surface area contributed by atoms with Crippen molar-refractivity contribution < 1.29 is 14.2 Å². The van der Waals surface area contributed by atoms with E-state index in [1.54, 1.807) is 18.2 Å². The topological polar surface area (TPSA) is 79.5 Å². The Labute approximate surface area is 150 Å². The molecule has 6 nitrogen and oxygen atoms in total. The van der Waals surface area contributed by atoms with Crippen LogP contribution in [0.5, 0.6) is 23.3 Å². The van der Waals surface area contributed by atoms with Crippen molar-refractivity contribution in [2.75, 3.05) is 12.8 Å². The number of hydrogen-bond donors (Lipinski definition) is 1. The summed E-state index contributed by atoms with van der Waals surface area (Å²) in [6.45, 7) is 0.396. The van der Waals surface area contributed by atoms with E-state index in [1.807, 2.05) is 30.3 Å². The molecule has 7 heteroatoms. The van der Waals surface area contributed by atoms with Gasteiger partial charge in [0.2, 0.25) is 11.8 Å². The SMILES string of the molecule is COc1ncnc(Oc2ccc(Cl)c(OCc3ccccc3)c2)c1N. The molecule has 2 aromatic carbocycles. The fraction of sp³-hybridized carbons (Fsp3) is 0.111. The number of methoxy groups -OCH3 is 1. The van der Waals surface area contributed by atoms with Crippen molar-refractivity contribution in [1.82, 2.24) is 9.97 Å². The number of benzene rings is 2. The molecule has 0 unspecified atom stereocenters. The summed E-state index contributed by atoms with van der Waals surface area (Å²) in [7, 11) is 1.47. The zero-order valence-corrected chi connectivity index (χ0v) is 14.2. The van der Waals surface area contributed by atoms with Gasteiger partial charge in [-0.2, -0.15) is 9.97 Å². The molecule has 0 atom stereocenters. The van der Waals surface area contributed by atoms with Gasteiger partial charge in [-0.1, -0.05) is 41.9 Å². The van der Waals surface area contributed by atoms with Crippen molar-refractivity contribution in [3.8, 4) is 23.3 Å². The van der Waals surface area contributed by atoms with Gasteiger partial charge in [0.1, 0.15) is 24.4 Å². The van der Waals surface area contributed by atoms with E-state index in [1.165, 1.54) is 13.4 Å². The highest BCUT2D eigenvalue weighted by atomic mass is 35.5. The van der Waals surface area contributed by atoms with Gasteiger partial charge in [0.05, 0.1) is 12.1 Å². The van der Waals surface area contributed by atoms with Crippen LogP contribution in [-0.2, 0) is 6.61 Å². The number of halogens is 1. The predicted molar refractivity (Wildman–Crippen MR) is 95.3 cm³/mol. The van der Waals surface area contributed by atoms with Gasteiger partial charge in [-0.15, -0.1) is 0 Å². The Bertz CT molecular complexity index is 859. The minimum atomic E-state index is 0.197. The summed E-state index contributed by atoms with van der Waals surface area (Å²) in [5.74, 6) is 1.44. The number of ether oxygens (including phenoxy) is 3. The number of nitrogens with two attached hydrogens (primary N) is 1. The molecule has 0 spiro atoms. The first-order chi connectivity index (χ1) is 12.2. The van der Waals surface area contributed by atoms with E-state index in [0.29, 0.717) is 23.1 Å². The quantitative estimate of drug-likeness (QED) is 0.715. The maximum atomic E-state index is 6.19. The van der Waals surface area contributed by atoms with Crippen molar-refractivity contribution in [3.63, 3.8) is 0 Å². The molecule has 2 N–H and O–H groups in total. The summed E-state index contributed by atoms with van der Waals surface area (Å²) in [5.41, 5.74) is 7.16. The number of hydrogen-bond acceptors (Lipinski definition) is 6. The molecule has 0 aliphatic heterocycles. The molecule has 128 valence electrons. The van der Waals surface area contributed by atoms with E-state index in [9.17, 15) is 0 Å². The largest absolute Gasteiger partial charge is 0.487 e. The third-order valence-corrected chi connectivity index (χ3v) is 3.67. The van der Waals surface area contributed by atoms with E-state index >= 15 is 0 Å². The lowest BCUT2D eigenvalue weighted by molar-refractivity contribution is 0.304. The van der Waals surface area contributed by atoms with Crippen LogP contribution in [0, 0.1) is 0 Å². The number of nitrogens with zero attached hydrogens (tertiary/aromatic N) is 2. The maximum Gasteiger partial charge on any atom is 0.249 e. The first-order valence-corrected chi connectivity index (χ1v) is 7.83. The maximum absolute atomic E-state index is 6.19. The van der Waals surface area contributed by atoms with Crippen molar-refractivity contribution >= 4 is 17.3 Å². The van der Waals surface area contributed by atoms with Gasteiger partial charge in [0, 0.05) is 6.07 Å². The lowest BCUT2D eigenvalue weighted by Gasteiger charge is -2.12. The molecule has 3 rings (SSSR count). The van der Waals surface area contributed by atoms with Crippen LogP contribution in [0.3, 0.4) is 0 Å². The van der Waals surface area contributed by atoms with E-state index in [2.05, 4.69) is 9.97 Å².